The first-order valence-corrected chi connectivity index (χ1v) is 10.9. The fourth-order valence-corrected chi connectivity index (χ4v) is 4.48. The zero-order valence-electron chi connectivity index (χ0n) is 17.5. The average molecular weight is 464 g/mol. The molecule has 0 atom stereocenters. The third kappa shape index (κ3) is 3.46. The molecule has 5 rings (SSSR count). The van der Waals surface area contributed by atoms with Crippen LogP contribution < -0.4 is 9.47 Å². The minimum atomic E-state index is -0.142. The van der Waals surface area contributed by atoms with Gasteiger partial charge in [0.25, 0.3) is 0 Å². The molecule has 0 amide bonds. The SMILES string of the molecule is Cc1c(OCc2c(Cl)cccc2Cl)ccc2c1O/C(=C\c1cn(C)c3ccccc13)C2=O. The minimum absolute atomic E-state index is 0.142. The molecule has 0 N–H and O–H groups in total. The predicted octanol–water partition coefficient (Wildman–Crippen LogP) is 6.99. The number of ketones is 1. The standard InChI is InChI=1S/C26H19Cl2NO3/c1-15-23(31-14-19-20(27)7-5-8-21(19)28)11-10-18-25(30)24(32-26(15)18)12-16-13-29(2)22-9-4-3-6-17(16)22/h3-13H,14H2,1-2H3/b24-12-. The number of Topliss-reactive ketones (excluding diaryl/α,β-unsaturated/α-hetero) is 1. The molecule has 0 aliphatic carbocycles. The van der Waals surface area contributed by atoms with Crippen LogP contribution in [0.1, 0.15) is 27.0 Å². The number of nitrogens with zero attached hydrogens (tertiary/aromatic N) is 1. The van der Waals surface area contributed by atoms with Gasteiger partial charge in [0, 0.05) is 50.9 Å². The normalized spacial score (nSPS) is 14.1. The minimum Gasteiger partial charge on any atom is -0.488 e. The Morgan fingerprint density at radius 1 is 1.03 bits per heavy atom. The van der Waals surface area contributed by atoms with E-state index in [0.717, 1.165) is 22.0 Å². The van der Waals surface area contributed by atoms with E-state index in [2.05, 4.69) is 0 Å². The Morgan fingerprint density at radius 2 is 1.78 bits per heavy atom. The quantitative estimate of drug-likeness (QED) is 0.306. The van der Waals surface area contributed by atoms with Crippen molar-refractivity contribution < 1.29 is 14.3 Å². The Labute approximate surface area is 195 Å². The third-order valence-electron chi connectivity index (χ3n) is 5.68. The van der Waals surface area contributed by atoms with Crippen LogP contribution in [0.4, 0.5) is 0 Å². The Balaban J connectivity index is 1.45. The van der Waals surface area contributed by atoms with Gasteiger partial charge >= 0.3 is 0 Å². The van der Waals surface area contributed by atoms with E-state index in [1.807, 2.05) is 49.0 Å². The number of rotatable bonds is 4. The molecule has 2 heterocycles. The van der Waals surface area contributed by atoms with Crippen LogP contribution in [0.15, 0.2) is 66.6 Å². The summed E-state index contributed by atoms with van der Waals surface area (Å²) in [5, 5.41) is 2.15. The van der Waals surface area contributed by atoms with Gasteiger partial charge in [0.2, 0.25) is 5.78 Å². The van der Waals surface area contributed by atoms with Crippen LogP contribution in [-0.2, 0) is 13.7 Å². The zero-order valence-corrected chi connectivity index (χ0v) is 19.0. The molecule has 160 valence electrons. The molecule has 32 heavy (non-hydrogen) atoms. The van der Waals surface area contributed by atoms with E-state index in [-0.39, 0.29) is 12.4 Å². The fourth-order valence-electron chi connectivity index (χ4n) is 3.97. The zero-order chi connectivity index (χ0) is 22.4. The second-order valence-corrected chi connectivity index (χ2v) is 8.52. The van der Waals surface area contributed by atoms with E-state index in [9.17, 15) is 4.79 Å². The highest BCUT2D eigenvalue weighted by Crippen LogP contribution is 2.40. The topological polar surface area (TPSA) is 40.5 Å². The van der Waals surface area contributed by atoms with Crippen LogP contribution in [0.25, 0.3) is 17.0 Å². The van der Waals surface area contributed by atoms with Gasteiger partial charge in [-0.05, 0) is 43.3 Å². The largest absolute Gasteiger partial charge is 0.488 e. The molecule has 0 unspecified atom stereocenters. The first-order chi connectivity index (χ1) is 15.4. The number of aromatic nitrogens is 1. The number of ether oxygens (including phenoxy) is 2. The monoisotopic (exact) mass is 463 g/mol. The summed E-state index contributed by atoms with van der Waals surface area (Å²) in [6, 6.07) is 16.9. The summed E-state index contributed by atoms with van der Waals surface area (Å²) in [6.45, 7) is 2.08. The molecule has 0 saturated heterocycles. The first-order valence-electron chi connectivity index (χ1n) is 10.1. The number of fused-ring (bicyclic) bond motifs is 2. The Hall–Kier alpha value is -3.21. The lowest BCUT2D eigenvalue weighted by Crippen LogP contribution is -2.00. The van der Waals surface area contributed by atoms with Crippen LogP contribution >= 0.6 is 23.2 Å². The van der Waals surface area contributed by atoms with E-state index in [1.165, 1.54) is 0 Å². The second-order valence-electron chi connectivity index (χ2n) is 7.71. The van der Waals surface area contributed by atoms with Crippen LogP contribution in [0, 0.1) is 6.92 Å². The van der Waals surface area contributed by atoms with Gasteiger partial charge < -0.3 is 14.0 Å². The number of hydrogen-bond donors (Lipinski definition) is 0. The molecule has 6 heteroatoms. The highest BCUT2D eigenvalue weighted by molar-refractivity contribution is 6.35. The van der Waals surface area contributed by atoms with Crippen molar-refractivity contribution in [1.29, 1.82) is 0 Å². The molecule has 0 bridgehead atoms. The smallest absolute Gasteiger partial charge is 0.231 e. The first kappa shape index (κ1) is 20.7. The van der Waals surface area contributed by atoms with Crippen molar-refractivity contribution in [3.63, 3.8) is 0 Å². The lowest BCUT2D eigenvalue weighted by atomic mass is 10.1. The molecule has 0 saturated carbocycles. The van der Waals surface area contributed by atoms with E-state index < -0.39 is 0 Å². The number of carbonyl (C=O) groups excluding carboxylic acids is 1. The molecule has 4 aromatic rings. The molecule has 0 spiro atoms. The molecular formula is C26H19Cl2NO3. The number of halogens is 2. The molecule has 1 aliphatic rings. The maximum atomic E-state index is 13.0. The van der Waals surface area contributed by atoms with Crippen LogP contribution in [0.2, 0.25) is 10.0 Å². The molecule has 1 aromatic heterocycles. The summed E-state index contributed by atoms with van der Waals surface area (Å²) in [7, 11) is 1.98. The predicted molar refractivity (Wildman–Crippen MR) is 128 cm³/mol. The van der Waals surface area contributed by atoms with Gasteiger partial charge in [0.05, 0.1) is 5.56 Å². The molecule has 4 nitrogen and oxygen atoms in total. The highest BCUT2D eigenvalue weighted by atomic mass is 35.5. The van der Waals surface area contributed by atoms with Crippen LogP contribution in [0.3, 0.4) is 0 Å². The Bertz CT molecular complexity index is 1400. The average Bonchev–Trinajstić information content (AvgIpc) is 3.27. The summed E-state index contributed by atoms with van der Waals surface area (Å²) in [5.41, 5.74) is 4.01. The van der Waals surface area contributed by atoms with E-state index in [4.69, 9.17) is 32.7 Å². The summed E-state index contributed by atoms with van der Waals surface area (Å²) in [5.74, 6) is 1.28. The van der Waals surface area contributed by atoms with Crippen molar-refractivity contribution >= 4 is 46.0 Å². The van der Waals surface area contributed by atoms with Gasteiger partial charge in [-0.15, -0.1) is 0 Å². The third-order valence-corrected chi connectivity index (χ3v) is 6.39. The van der Waals surface area contributed by atoms with Crippen molar-refractivity contribution in [3.05, 3.63) is 98.9 Å². The number of carbonyl (C=O) groups is 1. The number of para-hydroxylation sites is 1. The molecule has 3 aromatic carbocycles. The van der Waals surface area contributed by atoms with Crippen LogP contribution in [0.5, 0.6) is 11.5 Å². The summed E-state index contributed by atoms with van der Waals surface area (Å²) < 4.78 is 14.0. The van der Waals surface area contributed by atoms with Gasteiger partial charge in [-0.3, -0.25) is 4.79 Å². The number of aryl methyl sites for hydroxylation is 1. The second kappa shape index (κ2) is 8.05. The van der Waals surface area contributed by atoms with E-state index in [0.29, 0.717) is 38.4 Å². The van der Waals surface area contributed by atoms with E-state index in [1.54, 1.807) is 36.4 Å². The summed E-state index contributed by atoms with van der Waals surface area (Å²) >= 11 is 12.5. The summed E-state index contributed by atoms with van der Waals surface area (Å²) in [4.78, 5) is 13.0. The van der Waals surface area contributed by atoms with Gasteiger partial charge in [-0.2, -0.15) is 0 Å². The van der Waals surface area contributed by atoms with Gasteiger partial charge in [0.15, 0.2) is 5.76 Å². The van der Waals surface area contributed by atoms with Crippen molar-refractivity contribution in [3.8, 4) is 11.5 Å². The Kier molecular flexibility index (Phi) is 5.20. The molecule has 0 fully saturated rings. The van der Waals surface area contributed by atoms with E-state index >= 15 is 0 Å². The fraction of sp³-hybridized carbons (Fsp3) is 0.115. The number of hydrogen-bond acceptors (Lipinski definition) is 3. The van der Waals surface area contributed by atoms with Crippen molar-refractivity contribution in [2.75, 3.05) is 0 Å². The molecule has 0 radical (unpaired) electrons. The van der Waals surface area contributed by atoms with Crippen molar-refractivity contribution in [2.24, 2.45) is 7.05 Å². The van der Waals surface area contributed by atoms with Gasteiger partial charge in [-0.25, -0.2) is 0 Å². The molecular weight excluding hydrogens is 445 g/mol. The lowest BCUT2D eigenvalue weighted by Gasteiger charge is -2.13. The maximum absolute atomic E-state index is 13.0. The number of allylic oxidation sites excluding steroid dienone is 1. The Morgan fingerprint density at radius 3 is 2.56 bits per heavy atom. The lowest BCUT2D eigenvalue weighted by molar-refractivity contribution is 0.101. The van der Waals surface area contributed by atoms with Gasteiger partial charge in [0.1, 0.15) is 18.1 Å². The number of benzene rings is 3. The highest BCUT2D eigenvalue weighted by Gasteiger charge is 2.30. The summed E-state index contributed by atoms with van der Waals surface area (Å²) in [6.07, 6.45) is 3.79. The van der Waals surface area contributed by atoms with Crippen molar-refractivity contribution in [1.82, 2.24) is 4.57 Å². The van der Waals surface area contributed by atoms with Crippen LogP contribution in [-0.4, -0.2) is 10.4 Å². The maximum Gasteiger partial charge on any atom is 0.231 e. The molecule has 1 aliphatic heterocycles. The van der Waals surface area contributed by atoms with Gasteiger partial charge in [-0.1, -0.05) is 47.5 Å². The van der Waals surface area contributed by atoms with Crippen molar-refractivity contribution in [2.45, 2.75) is 13.5 Å².